The summed E-state index contributed by atoms with van der Waals surface area (Å²) < 4.78 is 5.71. The van der Waals surface area contributed by atoms with Gasteiger partial charge in [-0.25, -0.2) is 4.79 Å². The number of benzene rings is 3. The highest BCUT2D eigenvalue weighted by atomic mass is 35.5. The summed E-state index contributed by atoms with van der Waals surface area (Å²) in [6.45, 7) is 7.84. The fourth-order valence-corrected chi connectivity index (χ4v) is 3.38. The molecule has 0 aliphatic rings. The van der Waals surface area contributed by atoms with Crippen molar-refractivity contribution in [2.75, 3.05) is 0 Å². The first-order chi connectivity index (χ1) is 13.2. The van der Waals surface area contributed by atoms with E-state index in [-0.39, 0.29) is 10.8 Å². The summed E-state index contributed by atoms with van der Waals surface area (Å²) in [5.74, 6) is -0.0281. The molecule has 0 aromatic heterocycles. The average molecular weight is 415 g/mol. The molecule has 0 saturated carbocycles. The quantitative estimate of drug-likeness (QED) is 0.377. The highest BCUT2D eigenvalue weighted by molar-refractivity contribution is 6.42. The molecule has 1 N–H and O–H groups in total. The Morgan fingerprint density at radius 2 is 1.43 bits per heavy atom. The van der Waals surface area contributed by atoms with Crippen LogP contribution in [0.15, 0.2) is 42.5 Å². The topological polar surface area (TPSA) is 46.5 Å². The molecule has 3 aromatic rings. The minimum atomic E-state index is -0.548. The molecule has 3 rings (SSSR count). The molecule has 0 aliphatic heterocycles. The first-order valence-corrected chi connectivity index (χ1v) is 9.53. The SMILES string of the molecule is Cc1ccc(O)c(-c2c(OC(=O)c3ccc(Cl)c(Cl)c3)ccc(C)c2C)c1C. The van der Waals surface area contributed by atoms with Crippen molar-refractivity contribution in [1.29, 1.82) is 0 Å². The first-order valence-electron chi connectivity index (χ1n) is 8.77. The van der Waals surface area contributed by atoms with Gasteiger partial charge in [-0.15, -0.1) is 0 Å². The lowest BCUT2D eigenvalue weighted by Crippen LogP contribution is -2.10. The van der Waals surface area contributed by atoms with Gasteiger partial charge in [0, 0.05) is 11.1 Å². The predicted molar refractivity (Wildman–Crippen MR) is 114 cm³/mol. The molecule has 0 saturated heterocycles. The zero-order valence-electron chi connectivity index (χ0n) is 16.1. The van der Waals surface area contributed by atoms with Gasteiger partial charge in [-0.1, -0.05) is 35.3 Å². The van der Waals surface area contributed by atoms with E-state index in [1.54, 1.807) is 24.3 Å². The number of aryl methyl sites for hydroxylation is 2. The fourth-order valence-electron chi connectivity index (χ4n) is 3.09. The Morgan fingerprint density at radius 1 is 0.821 bits per heavy atom. The summed E-state index contributed by atoms with van der Waals surface area (Å²) >= 11 is 11.9. The van der Waals surface area contributed by atoms with Crippen LogP contribution in [0, 0.1) is 27.7 Å². The molecule has 28 heavy (non-hydrogen) atoms. The summed E-state index contributed by atoms with van der Waals surface area (Å²) in [5, 5.41) is 11.2. The van der Waals surface area contributed by atoms with E-state index in [1.165, 1.54) is 6.07 Å². The monoisotopic (exact) mass is 414 g/mol. The van der Waals surface area contributed by atoms with Crippen LogP contribution in [-0.2, 0) is 0 Å². The van der Waals surface area contributed by atoms with E-state index < -0.39 is 5.97 Å². The van der Waals surface area contributed by atoms with Crippen molar-refractivity contribution >= 4 is 29.2 Å². The van der Waals surface area contributed by atoms with Crippen molar-refractivity contribution in [3.05, 3.63) is 80.3 Å². The van der Waals surface area contributed by atoms with Crippen molar-refractivity contribution in [2.45, 2.75) is 27.7 Å². The third-order valence-corrected chi connectivity index (χ3v) is 5.76. The molecular formula is C23H20Cl2O3. The van der Waals surface area contributed by atoms with Gasteiger partial charge in [-0.3, -0.25) is 0 Å². The number of ether oxygens (including phenoxy) is 1. The second-order valence-electron chi connectivity index (χ2n) is 6.80. The summed E-state index contributed by atoms with van der Waals surface area (Å²) in [6, 6.07) is 11.7. The zero-order chi connectivity index (χ0) is 20.6. The molecule has 0 unspecified atom stereocenters. The van der Waals surface area contributed by atoms with Gasteiger partial charge in [0.05, 0.1) is 15.6 Å². The van der Waals surface area contributed by atoms with E-state index in [0.29, 0.717) is 27.5 Å². The highest BCUT2D eigenvalue weighted by Crippen LogP contribution is 2.42. The minimum absolute atomic E-state index is 0.142. The van der Waals surface area contributed by atoms with Gasteiger partial charge in [-0.05, 0) is 80.3 Å². The van der Waals surface area contributed by atoms with Crippen LogP contribution in [0.1, 0.15) is 32.6 Å². The summed E-state index contributed by atoms with van der Waals surface area (Å²) in [7, 11) is 0. The molecule has 144 valence electrons. The Morgan fingerprint density at radius 3 is 2.07 bits per heavy atom. The molecule has 5 heteroatoms. The Balaban J connectivity index is 2.13. The van der Waals surface area contributed by atoms with E-state index in [1.807, 2.05) is 39.8 Å². The largest absolute Gasteiger partial charge is 0.507 e. The van der Waals surface area contributed by atoms with Crippen LogP contribution in [0.2, 0.25) is 10.0 Å². The van der Waals surface area contributed by atoms with Crippen LogP contribution in [0.3, 0.4) is 0 Å². The number of esters is 1. The van der Waals surface area contributed by atoms with Crippen LogP contribution in [0.4, 0.5) is 0 Å². The van der Waals surface area contributed by atoms with Gasteiger partial charge in [0.25, 0.3) is 0 Å². The Bertz CT molecular complexity index is 1090. The van der Waals surface area contributed by atoms with E-state index in [9.17, 15) is 9.90 Å². The number of hydrogen-bond donors (Lipinski definition) is 1. The molecule has 3 nitrogen and oxygen atoms in total. The zero-order valence-corrected chi connectivity index (χ0v) is 17.6. The number of halogens is 2. The van der Waals surface area contributed by atoms with Gasteiger partial charge in [-0.2, -0.15) is 0 Å². The summed E-state index contributed by atoms with van der Waals surface area (Å²) in [5.41, 5.74) is 5.60. The minimum Gasteiger partial charge on any atom is -0.507 e. The molecule has 0 heterocycles. The molecule has 3 aromatic carbocycles. The number of carbonyl (C=O) groups is 1. The number of carbonyl (C=O) groups excluding carboxylic acids is 1. The number of phenolic OH excluding ortho intramolecular Hbond substituents is 1. The molecule has 0 amide bonds. The van der Waals surface area contributed by atoms with Crippen molar-refractivity contribution in [3.8, 4) is 22.6 Å². The maximum absolute atomic E-state index is 12.7. The molecule has 0 spiro atoms. The number of rotatable bonds is 3. The van der Waals surface area contributed by atoms with Crippen molar-refractivity contribution in [3.63, 3.8) is 0 Å². The normalized spacial score (nSPS) is 10.8. The standard InChI is InChI=1S/C23H20Cl2O3/c1-12-5-9-19(26)21(14(12)3)22-15(4)13(2)6-10-20(22)28-23(27)16-7-8-17(24)18(25)11-16/h5-11,26H,1-4H3. The van der Waals surface area contributed by atoms with Crippen molar-refractivity contribution in [2.24, 2.45) is 0 Å². The van der Waals surface area contributed by atoms with E-state index in [0.717, 1.165) is 22.3 Å². The average Bonchev–Trinajstić information content (AvgIpc) is 2.66. The molecule has 0 fully saturated rings. The lowest BCUT2D eigenvalue weighted by molar-refractivity contribution is 0.0735. The lowest BCUT2D eigenvalue weighted by atomic mass is 9.90. The maximum Gasteiger partial charge on any atom is 0.343 e. The number of phenols is 1. The van der Waals surface area contributed by atoms with Gasteiger partial charge < -0.3 is 9.84 Å². The van der Waals surface area contributed by atoms with Crippen molar-refractivity contribution < 1.29 is 14.6 Å². The molecule has 0 radical (unpaired) electrons. The third-order valence-electron chi connectivity index (χ3n) is 5.02. The fraction of sp³-hybridized carbons (Fsp3) is 0.174. The van der Waals surface area contributed by atoms with Gasteiger partial charge >= 0.3 is 5.97 Å². The highest BCUT2D eigenvalue weighted by Gasteiger charge is 2.21. The van der Waals surface area contributed by atoms with E-state index >= 15 is 0 Å². The van der Waals surface area contributed by atoms with Crippen LogP contribution in [0.25, 0.3) is 11.1 Å². The van der Waals surface area contributed by atoms with E-state index in [4.69, 9.17) is 27.9 Å². The first kappa shape index (κ1) is 20.2. The van der Waals surface area contributed by atoms with E-state index in [2.05, 4.69) is 0 Å². The second-order valence-corrected chi connectivity index (χ2v) is 7.61. The number of aromatic hydroxyl groups is 1. The third kappa shape index (κ3) is 3.73. The second kappa shape index (κ2) is 7.86. The van der Waals surface area contributed by atoms with Gasteiger partial charge in [0.2, 0.25) is 0 Å². The van der Waals surface area contributed by atoms with Crippen molar-refractivity contribution in [1.82, 2.24) is 0 Å². The molecular weight excluding hydrogens is 395 g/mol. The van der Waals surface area contributed by atoms with Crippen LogP contribution >= 0.6 is 23.2 Å². The Kier molecular flexibility index (Phi) is 5.69. The van der Waals surface area contributed by atoms with Gasteiger partial charge in [0.15, 0.2) is 0 Å². The predicted octanol–water partition coefficient (Wildman–Crippen LogP) is 6.82. The Labute approximate surface area is 174 Å². The summed E-state index contributed by atoms with van der Waals surface area (Å²) in [4.78, 5) is 12.7. The molecule has 0 atom stereocenters. The Hall–Kier alpha value is -2.49. The van der Waals surface area contributed by atoms with Crippen LogP contribution in [-0.4, -0.2) is 11.1 Å². The smallest absolute Gasteiger partial charge is 0.343 e. The lowest BCUT2D eigenvalue weighted by Gasteiger charge is -2.19. The van der Waals surface area contributed by atoms with Crippen LogP contribution < -0.4 is 4.74 Å². The maximum atomic E-state index is 12.7. The number of hydrogen-bond acceptors (Lipinski definition) is 3. The molecule has 0 aliphatic carbocycles. The van der Waals surface area contributed by atoms with Gasteiger partial charge in [0.1, 0.15) is 11.5 Å². The van der Waals surface area contributed by atoms with Crippen LogP contribution in [0.5, 0.6) is 11.5 Å². The summed E-state index contributed by atoms with van der Waals surface area (Å²) in [6.07, 6.45) is 0. The molecule has 0 bridgehead atoms.